The number of aryl methyl sites for hydroxylation is 1. The van der Waals surface area contributed by atoms with Crippen molar-refractivity contribution < 1.29 is 4.79 Å². The van der Waals surface area contributed by atoms with Crippen molar-refractivity contribution in [2.24, 2.45) is 0 Å². The van der Waals surface area contributed by atoms with E-state index >= 15 is 0 Å². The maximum Gasteiger partial charge on any atom is 0.317 e. The topological polar surface area (TPSA) is 75.9 Å². The smallest absolute Gasteiger partial charge is 0.317 e. The predicted octanol–water partition coefficient (Wildman–Crippen LogP) is 4.14. The first-order valence-electron chi connectivity index (χ1n) is 11.6. The number of benzene rings is 1. The van der Waals surface area contributed by atoms with Gasteiger partial charge in [0.05, 0.1) is 11.2 Å². The van der Waals surface area contributed by atoms with Gasteiger partial charge in [0.1, 0.15) is 0 Å². The average molecular weight is 439 g/mol. The molecule has 0 bridgehead atoms. The van der Waals surface area contributed by atoms with Crippen LogP contribution in [0, 0.1) is 0 Å². The number of amides is 2. The van der Waals surface area contributed by atoms with Crippen LogP contribution in [-0.4, -0.2) is 43.8 Å². The molecular weight excluding hydrogens is 412 g/mol. The predicted molar refractivity (Wildman–Crippen MR) is 127 cm³/mol. The molecule has 2 aliphatic heterocycles. The van der Waals surface area contributed by atoms with Crippen LogP contribution in [0.15, 0.2) is 67.1 Å². The van der Waals surface area contributed by atoms with Crippen molar-refractivity contribution in [2.75, 3.05) is 13.1 Å². The molecule has 33 heavy (non-hydrogen) atoms. The number of nitrogens with one attached hydrogen (secondary N) is 1. The van der Waals surface area contributed by atoms with E-state index in [1.807, 2.05) is 41.4 Å². The van der Waals surface area contributed by atoms with Crippen LogP contribution in [0.25, 0.3) is 22.2 Å². The summed E-state index contributed by atoms with van der Waals surface area (Å²) in [6.07, 6.45) is 8.57. The lowest BCUT2D eigenvalue weighted by Gasteiger charge is -2.34. The summed E-state index contributed by atoms with van der Waals surface area (Å²) in [4.78, 5) is 23.6. The molecule has 2 amide bonds. The van der Waals surface area contributed by atoms with Crippen LogP contribution in [0.1, 0.15) is 30.5 Å². The van der Waals surface area contributed by atoms with Crippen LogP contribution in [-0.2, 0) is 18.5 Å². The van der Waals surface area contributed by atoms with Crippen LogP contribution >= 0.6 is 0 Å². The van der Waals surface area contributed by atoms with Gasteiger partial charge in [-0.15, -0.1) is 0 Å². The third-order valence-electron chi connectivity index (χ3n) is 7.04. The summed E-state index contributed by atoms with van der Waals surface area (Å²) in [5.41, 5.74) is 5.22. The summed E-state index contributed by atoms with van der Waals surface area (Å²) < 4.78 is 2.16. The summed E-state index contributed by atoms with van der Waals surface area (Å²) in [7, 11) is 0. The normalized spacial score (nSPS) is 19.7. The number of fused-ring (bicyclic) bond motifs is 3. The third-order valence-corrected chi connectivity index (χ3v) is 7.04. The van der Waals surface area contributed by atoms with Gasteiger partial charge in [-0.1, -0.05) is 24.3 Å². The molecular formula is C26H26N6O. The van der Waals surface area contributed by atoms with Crippen molar-refractivity contribution >= 4 is 16.9 Å². The minimum absolute atomic E-state index is 0.00804. The number of rotatable bonds is 3. The molecule has 7 heteroatoms. The molecule has 0 saturated carbocycles. The first-order chi connectivity index (χ1) is 16.2. The van der Waals surface area contributed by atoms with Crippen molar-refractivity contribution in [3.05, 3.63) is 78.4 Å². The second kappa shape index (κ2) is 7.99. The molecule has 1 fully saturated rings. The molecule has 1 atom stereocenters. The van der Waals surface area contributed by atoms with Gasteiger partial charge in [0.2, 0.25) is 0 Å². The van der Waals surface area contributed by atoms with Crippen molar-refractivity contribution in [3.8, 4) is 11.3 Å². The van der Waals surface area contributed by atoms with Crippen LogP contribution in [0.2, 0.25) is 0 Å². The maximum absolute atomic E-state index is 12.9. The Kier molecular flexibility index (Phi) is 4.82. The van der Waals surface area contributed by atoms with Crippen molar-refractivity contribution in [1.82, 2.24) is 30.0 Å². The van der Waals surface area contributed by atoms with E-state index in [9.17, 15) is 4.79 Å². The van der Waals surface area contributed by atoms with Gasteiger partial charge in [-0.05, 0) is 49.1 Å². The lowest BCUT2D eigenvalue weighted by Crippen LogP contribution is -2.42. The first-order valence-corrected chi connectivity index (χ1v) is 11.6. The number of nitrogens with zero attached hydrogens (tertiary/aromatic N) is 5. The van der Waals surface area contributed by atoms with E-state index < -0.39 is 0 Å². The van der Waals surface area contributed by atoms with Crippen LogP contribution < -0.4 is 5.32 Å². The SMILES string of the molecule is O=C(NCc1cccnc1)N1CCC2(CCCn3nc(-c4cnc5ccccc5c4)cc32)C1. The van der Waals surface area contributed by atoms with Gasteiger partial charge in [-0.2, -0.15) is 5.10 Å². The Labute approximate surface area is 192 Å². The van der Waals surface area contributed by atoms with Gasteiger partial charge < -0.3 is 10.2 Å². The Morgan fingerprint density at radius 1 is 1.06 bits per heavy atom. The van der Waals surface area contributed by atoms with Gasteiger partial charge >= 0.3 is 6.03 Å². The Hall–Kier alpha value is -3.74. The molecule has 1 spiro atoms. The van der Waals surface area contributed by atoms with Gasteiger partial charge in [0.25, 0.3) is 0 Å². The summed E-state index contributed by atoms with van der Waals surface area (Å²) in [6, 6.07) is 16.4. The van der Waals surface area contributed by atoms with Crippen LogP contribution in [0.4, 0.5) is 4.79 Å². The van der Waals surface area contributed by atoms with Gasteiger partial charge in [0, 0.05) is 66.8 Å². The van der Waals surface area contributed by atoms with Gasteiger partial charge in [0.15, 0.2) is 0 Å². The van der Waals surface area contributed by atoms with E-state index in [0.717, 1.165) is 66.6 Å². The molecule has 1 saturated heterocycles. The zero-order chi connectivity index (χ0) is 22.3. The molecule has 4 aromatic rings. The number of para-hydroxylation sites is 1. The number of aromatic nitrogens is 4. The molecule has 5 heterocycles. The molecule has 166 valence electrons. The Morgan fingerprint density at radius 3 is 2.91 bits per heavy atom. The lowest BCUT2D eigenvalue weighted by atomic mass is 9.77. The highest BCUT2D eigenvalue weighted by Crippen LogP contribution is 2.43. The Morgan fingerprint density at radius 2 is 2.00 bits per heavy atom. The number of pyridine rings is 2. The minimum atomic E-state index is -0.0284. The lowest BCUT2D eigenvalue weighted by molar-refractivity contribution is 0.202. The Bertz CT molecular complexity index is 1320. The fourth-order valence-electron chi connectivity index (χ4n) is 5.31. The highest BCUT2D eigenvalue weighted by atomic mass is 16.2. The summed E-state index contributed by atoms with van der Waals surface area (Å²) in [6.45, 7) is 2.91. The molecule has 1 aromatic carbocycles. The first kappa shape index (κ1) is 19.9. The number of hydrogen-bond donors (Lipinski definition) is 1. The minimum Gasteiger partial charge on any atom is -0.334 e. The van der Waals surface area contributed by atoms with E-state index in [2.05, 4.69) is 38.2 Å². The fourth-order valence-corrected chi connectivity index (χ4v) is 5.31. The fraction of sp³-hybridized carbons (Fsp3) is 0.308. The highest BCUT2D eigenvalue weighted by Gasteiger charge is 2.45. The van der Waals surface area contributed by atoms with Crippen molar-refractivity contribution in [2.45, 2.75) is 37.8 Å². The Balaban J connectivity index is 1.23. The number of carbonyl (C=O) groups is 1. The number of carbonyl (C=O) groups excluding carboxylic acids is 1. The second-order valence-corrected chi connectivity index (χ2v) is 9.13. The van der Waals surface area contributed by atoms with E-state index in [4.69, 9.17) is 5.10 Å². The average Bonchev–Trinajstić information content (AvgIpc) is 3.49. The molecule has 0 radical (unpaired) electrons. The third kappa shape index (κ3) is 3.63. The summed E-state index contributed by atoms with van der Waals surface area (Å²) in [5, 5.41) is 9.11. The quantitative estimate of drug-likeness (QED) is 0.522. The largest absolute Gasteiger partial charge is 0.334 e. The zero-order valence-electron chi connectivity index (χ0n) is 18.4. The number of hydrogen-bond acceptors (Lipinski definition) is 4. The highest BCUT2D eigenvalue weighted by molar-refractivity contribution is 5.82. The summed E-state index contributed by atoms with van der Waals surface area (Å²) in [5.74, 6) is 0. The molecule has 7 nitrogen and oxygen atoms in total. The van der Waals surface area contributed by atoms with Gasteiger partial charge in [-0.3, -0.25) is 14.6 Å². The van der Waals surface area contributed by atoms with Gasteiger partial charge in [-0.25, -0.2) is 4.79 Å². The molecule has 1 unspecified atom stereocenters. The van der Waals surface area contributed by atoms with Crippen molar-refractivity contribution in [3.63, 3.8) is 0 Å². The van der Waals surface area contributed by atoms with Crippen LogP contribution in [0.3, 0.4) is 0 Å². The maximum atomic E-state index is 12.9. The molecule has 1 N–H and O–H groups in total. The molecule has 3 aromatic heterocycles. The van der Waals surface area contributed by atoms with E-state index in [1.54, 1.807) is 12.4 Å². The van der Waals surface area contributed by atoms with Crippen molar-refractivity contribution in [1.29, 1.82) is 0 Å². The van der Waals surface area contributed by atoms with E-state index in [1.165, 1.54) is 5.69 Å². The van der Waals surface area contributed by atoms with E-state index in [0.29, 0.717) is 6.54 Å². The summed E-state index contributed by atoms with van der Waals surface area (Å²) >= 11 is 0. The standard InChI is InChI=1S/C26H26N6O/c33-25(29-16-19-5-3-10-27-15-19)31-12-9-26(18-31)8-4-11-32-24(26)14-23(30-32)21-13-20-6-1-2-7-22(20)28-17-21/h1-3,5-7,10,13-15,17H,4,8-9,11-12,16,18H2,(H,29,33). The molecule has 2 aliphatic rings. The molecule has 0 aliphatic carbocycles. The number of urea groups is 1. The molecule has 6 rings (SSSR count). The number of likely N-dealkylation sites (tertiary alicyclic amines) is 1. The zero-order valence-corrected chi connectivity index (χ0v) is 18.4. The second-order valence-electron chi connectivity index (χ2n) is 9.13. The van der Waals surface area contributed by atoms with E-state index in [-0.39, 0.29) is 11.4 Å². The monoisotopic (exact) mass is 438 g/mol. The van der Waals surface area contributed by atoms with Crippen LogP contribution in [0.5, 0.6) is 0 Å².